The maximum Gasteiger partial charge on any atom is 0.231 e. The molecule has 2 aliphatic heterocycles. The summed E-state index contributed by atoms with van der Waals surface area (Å²) in [4.78, 5) is 0. The van der Waals surface area contributed by atoms with Gasteiger partial charge in [0.1, 0.15) is 5.82 Å². The Kier molecular flexibility index (Phi) is 2.52. The van der Waals surface area contributed by atoms with Gasteiger partial charge in [-0.05, 0) is 28.9 Å². The summed E-state index contributed by atoms with van der Waals surface area (Å²) in [5.41, 5.74) is 0.645. The molecular formula is C11H11BrFNO2. The van der Waals surface area contributed by atoms with Crippen molar-refractivity contribution in [2.75, 3.05) is 19.9 Å². The summed E-state index contributed by atoms with van der Waals surface area (Å²) in [6.07, 6.45) is 0.934. The van der Waals surface area contributed by atoms with Crippen molar-refractivity contribution in [3.8, 4) is 11.5 Å². The van der Waals surface area contributed by atoms with Crippen LogP contribution in [0.25, 0.3) is 0 Å². The molecule has 16 heavy (non-hydrogen) atoms. The smallest absolute Gasteiger partial charge is 0.231 e. The first-order valence-electron chi connectivity index (χ1n) is 5.25. The Labute approximate surface area is 101 Å². The predicted octanol–water partition coefficient (Wildman–Crippen LogP) is 2.39. The van der Waals surface area contributed by atoms with Crippen molar-refractivity contribution < 1.29 is 13.9 Å². The van der Waals surface area contributed by atoms with Crippen LogP contribution in [0.2, 0.25) is 0 Å². The Morgan fingerprint density at radius 1 is 1.44 bits per heavy atom. The Bertz CT molecular complexity index is 432. The predicted molar refractivity (Wildman–Crippen MR) is 60.5 cm³/mol. The second kappa shape index (κ2) is 3.89. The summed E-state index contributed by atoms with van der Waals surface area (Å²) in [7, 11) is 0. The van der Waals surface area contributed by atoms with Crippen molar-refractivity contribution in [3.05, 3.63) is 21.9 Å². The Hall–Kier alpha value is -0.810. The average Bonchev–Trinajstić information content (AvgIpc) is 2.89. The summed E-state index contributed by atoms with van der Waals surface area (Å²) in [6.45, 7) is 1.90. The van der Waals surface area contributed by atoms with E-state index in [0.29, 0.717) is 21.5 Å². The number of fused-ring (bicyclic) bond motifs is 1. The van der Waals surface area contributed by atoms with Gasteiger partial charge in [0, 0.05) is 24.1 Å². The minimum absolute atomic E-state index is 0.174. The Morgan fingerprint density at radius 3 is 3.06 bits per heavy atom. The number of benzene rings is 1. The maximum absolute atomic E-state index is 14.1. The van der Waals surface area contributed by atoms with Gasteiger partial charge in [0.15, 0.2) is 11.5 Å². The lowest BCUT2D eigenvalue weighted by molar-refractivity contribution is 0.172. The van der Waals surface area contributed by atoms with Gasteiger partial charge in [-0.15, -0.1) is 0 Å². The summed E-state index contributed by atoms with van der Waals surface area (Å²) in [6, 6.07) is 1.63. The summed E-state index contributed by atoms with van der Waals surface area (Å²) < 4.78 is 25.2. The monoisotopic (exact) mass is 287 g/mol. The molecule has 1 saturated heterocycles. The number of ether oxygens (including phenoxy) is 2. The zero-order valence-electron chi connectivity index (χ0n) is 8.56. The molecule has 2 heterocycles. The van der Waals surface area contributed by atoms with Crippen LogP contribution < -0.4 is 14.8 Å². The van der Waals surface area contributed by atoms with Gasteiger partial charge >= 0.3 is 0 Å². The van der Waals surface area contributed by atoms with Crippen molar-refractivity contribution in [3.63, 3.8) is 0 Å². The van der Waals surface area contributed by atoms with Crippen LogP contribution in [-0.2, 0) is 0 Å². The normalized spacial score (nSPS) is 22.8. The third kappa shape index (κ3) is 1.50. The first kappa shape index (κ1) is 10.4. The quantitative estimate of drug-likeness (QED) is 0.860. The van der Waals surface area contributed by atoms with Gasteiger partial charge in [-0.2, -0.15) is 0 Å². The molecule has 0 bridgehead atoms. The molecule has 3 rings (SSSR count). The van der Waals surface area contributed by atoms with E-state index in [-0.39, 0.29) is 18.5 Å². The minimum Gasteiger partial charge on any atom is -0.454 e. The molecule has 1 unspecified atom stereocenters. The molecule has 86 valence electrons. The average molecular weight is 288 g/mol. The topological polar surface area (TPSA) is 30.5 Å². The molecule has 3 nitrogen and oxygen atoms in total. The number of nitrogens with one attached hydrogen (secondary N) is 1. The minimum atomic E-state index is -0.224. The highest BCUT2D eigenvalue weighted by Crippen LogP contribution is 2.45. The van der Waals surface area contributed by atoms with Crippen LogP contribution in [0.15, 0.2) is 10.5 Å². The fraction of sp³-hybridized carbons (Fsp3) is 0.455. The van der Waals surface area contributed by atoms with Crippen LogP contribution in [0.3, 0.4) is 0 Å². The van der Waals surface area contributed by atoms with Crippen molar-refractivity contribution in [1.29, 1.82) is 0 Å². The molecule has 5 heteroatoms. The Balaban J connectivity index is 2.14. The maximum atomic E-state index is 14.1. The molecule has 1 atom stereocenters. The fourth-order valence-corrected chi connectivity index (χ4v) is 2.70. The summed E-state index contributed by atoms with van der Waals surface area (Å²) in [5.74, 6) is 1.16. The van der Waals surface area contributed by atoms with Crippen LogP contribution in [-0.4, -0.2) is 19.9 Å². The highest BCUT2D eigenvalue weighted by molar-refractivity contribution is 9.10. The number of hydrogen-bond acceptors (Lipinski definition) is 3. The lowest BCUT2D eigenvalue weighted by atomic mass is 9.96. The first-order chi connectivity index (χ1) is 7.77. The van der Waals surface area contributed by atoms with E-state index in [1.807, 2.05) is 0 Å². The SMILES string of the molecule is Fc1c(Br)cc2c(c1C1CCNC1)OCO2. The van der Waals surface area contributed by atoms with E-state index < -0.39 is 0 Å². The van der Waals surface area contributed by atoms with Gasteiger partial charge in [-0.25, -0.2) is 4.39 Å². The van der Waals surface area contributed by atoms with Gasteiger partial charge in [-0.3, -0.25) is 0 Å². The molecule has 1 fully saturated rings. The van der Waals surface area contributed by atoms with Crippen molar-refractivity contribution >= 4 is 15.9 Å². The van der Waals surface area contributed by atoms with Crippen molar-refractivity contribution in [2.45, 2.75) is 12.3 Å². The third-order valence-electron chi connectivity index (χ3n) is 3.06. The standard InChI is InChI=1S/C11H11BrFNO2/c12-7-3-8-11(16-5-15-8)9(10(7)13)6-1-2-14-4-6/h3,6,14H,1-2,4-5H2. The van der Waals surface area contributed by atoms with Gasteiger partial charge in [0.25, 0.3) is 0 Å². The highest BCUT2D eigenvalue weighted by Gasteiger charge is 2.30. The molecule has 0 spiro atoms. The number of halogens is 2. The van der Waals surface area contributed by atoms with Gasteiger partial charge < -0.3 is 14.8 Å². The molecule has 1 aromatic carbocycles. The molecule has 1 N–H and O–H groups in total. The van der Waals surface area contributed by atoms with E-state index in [0.717, 1.165) is 19.5 Å². The van der Waals surface area contributed by atoms with Crippen molar-refractivity contribution in [2.24, 2.45) is 0 Å². The molecule has 0 radical (unpaired) electrons. The number of hydrogen-bond donors (Lipinski definition) is 1. The molecule has 0 saturated carbocycles. The van der Waals surface area contributed by atoms with Crippen LogP contribution in [0, 0.1) is 5.82 Å². The zero-order valence-corrected chi connectivity index (χ0v) is 10.1. The van der Waals surface area contributed by atoms with Crippen LogP contribution in [0.1, 0.15) is 17.9 Å². The van der Waals surface area contributed by atoms with Crippen molar-refractivity contribution in [1.82, 2.24) is 5.32 Å². The fourth-order valence-electron chi connectivity index (χ4n) is 2.28. The van der Waals surface area contributed by atoms with Crippen LogP contribution in [0.5, 0.6) is 11.5 Å². The van der Waals surface area contributed by atoms with Gasteiger partial charge in [0.2, 0.25) is 6.79 Å². The first-order valence-corrected chi connectivity index (χ1v) is 6.05. The largest absolute Gasteiger partial charge is 0.454 e. The zero-order chi connectivity index (χ0) is 11.1. The third-order valence-corrected chi connectivity index (χ3v) is 3.64. The molecule has 1 aromatic rings. The molecule has 0 aliphatic carbocycles. The molecule has 2 aliphatic rings. The lowest BCUT2D eigenvalue weighted by Crippen LogP contribution is -2.10. The number of rotatable bonds is 1. The second-order valence-corrected chi connectivity index (χ2v) is 4.86. The molecule has 0 aromatic heterocycles. The van der Waals surface area contributed by atoms with Gasteiger partial charge in [-0.1, -0.05) is 0 Å². The van der Waals surface area contributed by atoms with Gasteiger partial charge in [0.05, 0.1) is 4.47 Å². The van der Waals surface area contributed by atoms with E-state index in [1.165, 1.54) is 0 Å². The van der Waals surface area contributed by atoms with Crippen LogP contribution >= 0.6 is 15.9 Å². The van der Waals surface area contributed by atoms with E-state index in [1.54, 1.807) is 6.07 Å². The Morgan fingerprint density at radius 2 is 2.31 bits per heavy atom. The van der Waals surface area contributed by atoms with E-state index in [4.69, 9.17) is 9.47 Å². The highest BCUT2D eigenvalue weighted by atomic mass is 79.9. The summed E-state index contributed by atoms with van der Waals surface area (Å²) >= 11 is 3.22. The van der Waals surface area contributed by atoms with E-state index in [2.05, 4.69) is 21.2 Å². The molecule has 0 amide bonds. The van der Waals surface area contributed by atoms with Crippen LogP contribution in [0.4, 0.5) is 4.39 Å². The second-order valence-electron chi connectivity index (χ2n) is 4.01. The van der Waals surface area contributed by atoms with E-state index in [9.17, 15) is 4.39 Å². The van der Waals surface area contributed by atoms with E-state index >= 15 is 0 Å². The lowest BCUT2D eigenvalue weighted by Gasteiger charge is -2.14. The summed E-state index contributed by atoms with van der Waals surface area (Å²) in [5, 5.41) is 3.23. The molecular weight excluding hydrogens is 277 g/mol.